The zero-order valence-corrected chi connectivity index (χ0v) is 21.1. The number of nitrogens with one attached hydrogen (secondary N) is 1. The van der Waals surface area contributed by atoms with Crippen molar-refractivity contribution in [3.05, 3.63) is 108 Å². The van der Waals surface area contributed by atoms with Crippen molar-refractivity contribution >= 4 is 28.7 Å². The third kappa shape index (κ3) is 4.14. The van der Waals surface area contributed by atoms with Crippen molar-refractivity contribution < 1.29 is 4.74 Å². The Morgan fingerprint density at radius 2 is 1.64 bits per heavy atom. The lowest BCUT2D eigenvalue weighted by atomic mass is 10.0. The summed E-state index contributed by atoms with van der Waals surface area (Å²) in [6.07, 6.45) is 3.98. The molecule has 36 heavy (non-hydrogen) atoms. The van der Waals surface area contributed by atoms with E-state index in [4.69, 9.17) is 21.9 Å². The summed E-state index contributed by atoms with van der Waals surface area (Å²) in [5, 5.41) is 4.28. The number of rotatable bonds is 5. The van der Waals surface area contributed by atoms with Crippen molar-refractivity contribution in [2.75, 3.05) is 36.1 Å². The fraction of sp³-hybridized carbons (Fsp3) is 0.241. The van der Waals surface area contributed by atoms with Crippen LogP contribution in [0.15, 0.2) is 91.3 Å². The van der Waals surface area contributed by atoms with Gasteiger partial charge in [-0.25, -0.2) is 0 Å². The largest absolute Gasteiger partial charge is 0.378 e. The minimum absolute atomic E-state index is 0.0729. The van der Waals surface area contributed by atoms with Gasteiger partial charge in [0.15, 0.2) is 5.11 Å². The summed E-state index contributed by atoms with van der Waals surface area (Å²) in [6, 6.07) is 27.4. The van der Waals surface area contributed by atoms with Crippen LogP contribution in [0.5, 0.6) is 0 Å². The van der Waals surface area contributed by atoms with Crippen LogP contribution in [-0.4, -0.2) is 41.0 Å². The Morgan fingerprint density at radius 1 is 0.889 bits per heavy atom. The number of hydrogen-bond acceptors (Lipinski definition) is 4. The fourth-order valence-electron chi connectivity index (χ4n) is 5.27. The molecule has 0 bridgehead atoms. The molecule has 2 fully saturated rings. The van der Waals surface area contributed by atoms with E-state index >= 15 is 0 Å². The molecule has 6 nitrogen and oxygen atoms in total. The van der Waals surface area contributed by atoms with Gasteiger partial charge in [-0.2, -0.15) is 0 Å². The quantitative estimate of drug-likeness (QED) is 0.384. The molecular formula is C29H29N5OS. The summed E-state index contributed by atoms with van der Waals surface area (Å²) in [7, 11) is 0. The van der Waals surface area contributed by atoms with E-state index in [1.807, 2.05) is 18.3 Å². The number of hydrogen-bond donors (Lipinski definition) is 1. The number of aromatic nitrogens is 2. The number of pyridine rings is 1. The van der Waals surface area contributed by atoms with Crippen LogP contribution in [0.2, 0.25) is 0 Å². The molecule has 2 aromatic heterocycles. The first-order valence-corrected chi connectivity index (χ1v) is 12.8. The molecule has 0 radical (unpaired) electrons. The van der Waals surface area contributed by atoms with Gasteiger partial charge in [-0.15, -0.1) is 0 Å². The molecule has 7 heteroatoms. The van der Waals surface area contributed by atoms with Crippen LogP contribution < -0.4 is 15.1 Å². The summed E-state index contributed by atoms with van der Waals surface area (Å²) in [4.78, 5) is 9.31. The first-order chi connectivity index (χ1) is 17.7. The second-order valence-corrected chi connectivity index (χ2v) is 9.59. The highest BCUT2D eigenvalue weighted by molar-refractivity contribution is 7.80. The zero-order chi connectivity index (χ0) is 24.5. The number of benzene rings is 2. The molecule has 0 amide bonds. The van der Waals surface area contributed by atoms with E-state index in [1.165, 1.54) is 11.3 Å². The predicted molar refractivity (Wildman–Crippen MR) is 148 cm³/mol. The van der Waals surface area contributed by atoms with Crippen molar-refractivity contribution in [1.29, 1.82) is 0 Å². The molecule has 0 spiro atoms. The number of nitrogens with zero attached hydrogens (tertiary/aromatic N) is 4. The summed E-state index contributed by atoms with van der Waals surface area (Å²) in [5.74, 6) is 0. The average Bonchev–Trinajstić information content (AvgIpc) is 3.54. The second-order valence-electron chi connectivity index (χ2n) is 9.20. The van der Waals surface area contributed by atoms with Crippen molar-refractivity contribution in [3.8, 4) is 5.69 Å². The Kier molecular flexibility index (Phi) is 6.17. The normalized spacial score (nSPS) is 20.0. The molecule has 4 heterocycles. The van der Waals surface area contributed by atoms with E-state index in [0.717, 1.165) is 49.1 Å². The van der Waals surface area contributed by atoms with Gasteiger partial charge in [0.05, 0.1) is 24.9 Å². The van der Waals surface area contributed by atoms with Gasteiger partial charge >= 0.3 is 0 Å². The van der Waals surface area contributed by atoms with Gasteiger partial charge in [-0.3, -0.25) is 4.98 Å². The van der Waals surface area contributed by atoms with E-state index < -0.39 is 0 Å². The van der Waals surface area contributed by atoms with Gasteiger partial charge in [0.1, 0.15) is 6.04 Å². The molecule has 2 aromatic carbocycles. The van der Waals surface area contributed by atoms with Crippen molar-refractivity contribution in [2.24, 2.45) is 0 Å². The second kappa shape index (κ2) is 9.76. The van der Waals surface area contributed by atoms with Crippen LogP contribution in [0.3, 0.4) is 0 Å². The predicted octanol–water partition coefficient (Wildman–Crippen LogP) is 5.19. The maximum absolute atomic E-state index is 5.95. The molecule has 4 aromatic rings. The summed E-state index contributed by atoms with van der Waals surface area (Å²) in [5.41, 5.74) is 6.78. The van der Waals surface area contributed by atoms with Crippen molar-refractivity contribution in [1.82, 2.24) is 14.9 Å². The van der Waals surface area contributed by atoms with E-state index in [0.29, 0.717) is 5.11 Å². The summed E-state index contributed by atoms with van der Waals surface area (Å²) >= 11 is 5.95. The molecule has 0 saturated carbocycles. The maximum Gasteiger partial charge on any atom is 0.174 e. The molecule has 2 saturated heterocycles. The topological polar surface area (TPSA) is 45.6 Å². The first kappa shape index (κ1) is 22.8. The van der Waals surface area contributed by atoms with Crippen molar-refractivity contribution in [2.45, 2.75) is 19.0 Å². The highest BCUT2D eigenvalue weighted by Gasteiger charge is 2.42. The third-order valence-corrected chi connectivity index (χ3v) is 7.38. The Labute approximate surface area is 217 Å². The van der Waals surface area contributed by atoms with Crippen LogP contribution in [0, 0.1) is 6.92 Å². The fourth-order valence-corrected chi connectivity index (χ4v) is 5.61. The number of ether oxygens (including phenoxy) is 1. The summed E-state index contributed by atoms with van der Waals surface area (Å²) in [6.45, 7) is 5.51. The van der Waals surface area contributed by atoms with Crippen LogP contribution in [0.1, 0.15) is 29.0 Å². The lowest BCUT2D eigenvalue weighted by Gasteiger charge is -2.31. The minimum Gasteiger partial charge on any atom is -0.378 e. The maximum atomic E-state index is 5.95. The van der Waals surface area contributed by atoms with Gasteiger partial charge in [0, 0.05) is 48.2 Å². The molecule has 1 N–H and O–H groups in total. The standard InChI is InChI=1S/C29H29N5OS/c1-21-7-2-3-9-25(21)33-16-6-10-26(33)28-27(24-8-4-5-15-30-24)31-29(36)34(28)23-13-11-22(12-14-23)32-17-19-35-20-18-32/h2-16,27-28H,17-20H2,1H3,(H,31,36)/t27-,28+/m1/s1. The number of morpholine rings is 1. The zero-order valence-electron chi connectivity index (χ0n) is 20.2. The average molecular weight is 496 g/mol. The molecule has 0 unspecified atom stereocenters. The van der Waals surface area contributed by atoms with E-state index in [1.54, 1.807) is 0 Å². The Hall–Kier alpha value is -3.68. The molecule has 2 aliphatic rings. The number of para-hydroxylation sites is 1. The lowest BCUT2D eigenvalue weighted by molar-refractivity contribution is 0.122. The Balaban J connectivity index is 1.43. The molecular weight excluding hydrogens is 466 g/mol. The molecule has 6 rings (SSSR count). The highest BCUT2D eigenvalue weighted by atomic mass is 32.1. The van der Waals surface area contributed by atoms with Gasteiger partial charge in [0.25, 0.3) is 0 Å². The highest BCUT2D eigenvalue weighted by Crippen LogP contribution is 2.42. The molecule has 182 valence electrons. The van der Waals surface area contributed by atoms with Gasteiger partial charge in [0.2, 0.25) is 0 Å². The summed E-state index contributed by atoms with van der Waals surface area (Å²) < 4.78 is 7.80. The number of aryl methyl sites for hydroxylation is 1. The van der Waals surface area contributed by atoms with Crippen LogP contribution in [0.4, 0.5) is 11.4 Å². The molecule has 0 aliphatic carbocycles. The van der Waals surface area contributed by atoms with Gasteiger partial charge in [-0.05, 0) is 79.3 Å². The smallest absolute Gasteiger partial charge is 0.174 e. The van der Waals surface area contributed by atoms with Gasteiger partial charge in [-0.1, -0.05) is 24.3 Å². The first-order valence-electron chi connectivity index (χ1n) is 12.4. The SMILES string of the molecule is Cc1ccccc1-n1cccc1[C@H]1[C@@H](c2ccccn2)NC(=S)N1c1ccc(N2CCOCC2)cc1. The third-order valence-electron chi connectivity index (χ3n) is 7.06. The Morgan fingerprint density at radius 3 is 2.39 bits per heavy atom. The van der Waals surface area contributed by atoms with E-state index in [-0.39, 0.29) is 12.1 Å². The lowest BCUT2D eigenvalue weighted by Crippen LogP contribution is -2.36. The molecule has 2 aliphatic heterocycles. The van der Waals surface area contributed by atoms with E-state index in [9.17, 15) is 0 Å². The molecule has 2 atom stereocenters. The van der Waals surface area contributed by atoms with Crippen molar-refractivity contribution in [3.63, 3.8) is 0 Å². The minimum atomic E-state index is -0.0877. The van der Waals surface area contributed by atoms with E-state index in [2.05, 4.69) is 99.5 Å². The monoisotopic (exact) mass is 495 g/mol. The Bertz CT molecular complexity index is 1350. The van der Waals surface area contributed by atoms with Crippen LogP contribution in [0.25, 0.3) is 5.69 Å². The number of thiocarbonyl (C=S) groups is 1. The van der Waals surface area contributed by atoms with Crippen LogP contribution in [-0.2, 0) is 4.74 Å². The van der Waals surface area contributed by atoms with Gasteiger partial charge < -0.3 is 24.4 Å². The number of anilines is 2. The van der Waals surface area contributed by atoms with Crippen LogP contribution >= 0.6 is 12.2 Å².